The Labute approximate surface area is 218 Å². The SMILES string of the molecule is C=CCOc1ccc(C(O)=C2C(=O)C(=O)N(c3nc(C)c(C(=O)OC)s3)[C@@H]2c2ccc(C)cc2)c(C)c1. The van der Waals surface area contributed by atoms with Crippen molar-refractivity contribution in [3.63, 3.8) is 0 Å². The number of carbonyl (C=O) groups is 3. The zero-order valence-electron chi connectivity index (χ0n) is 20.9. The lowest BCUT2D eigenvalue weighted by atomic mass is 9.93. The standard InChI is InChI=1S/C28H26N2O6S/c1-6-13-36-19-11-12-20(16(3)14-19)23(31)21-22(18-9-7-15(2)8-10-18)30(26(33)24(21)32)28-29-17(4)25(37-28)27(34)35-5/h6-12,14,22,31H,1,13H2,2-5H3/t22-/m1/s1. The second-order valence-corrected chi connectivity index (χ2v) is 9.54. The number of hydrogen-bond acceptors (Lipinski definition) is 8. The van der Waals surface area contributed by atoms with E-state index in [1.54, 1.807) is 50.3 Å². The van der Waals surface area contributed by atoms with Gasteiger partial charge in [-0.1, -0.05) is 53.8 Å². The van der Waals surface area contributed by atoms with Gasteiger partial charge < -0.3 is 14.6 Å². The first-order valence-electron chi connectivity index (χ1n) is 11.5. The van der Waals surface area contributed by atoms with Crippen LogP contribution in [0.5, 0.6) is 5.75 Å². The number of carbonyl (C=O) groups excluding carboxylic acids is 3. The zero-order valence-corrected chi connectivity index (χ0v) is 21.7. The van der Waals surface area contributed by atoms with Gasteiger partial charge in [-0.05, 0) is 50.1 Å². The van der Waals surface area contributed by atoms with Gasteiger partial charge in [-0.2, -0.15) is 0 Å². The van der Waals surface area contributed by atoms with Gasteiger partial charge in [0, 0.05) is 5.56 Å². The van der Waals surface area contributed by atoms with Crippen molar-refractivity contribution >= 4 is 39.9 Å². The number of ether oxygens (including phenoxy) is 2. The van der Waals surface area contributed by atoms with Crippen molar-refractivity contribution in [3.8, 4) is 5.75 Å². The van der Waals surface area contributed by atoms with Crippen molar-refractivity contribution in [2.75, 3.05) is 18.6 Å². The minimum atomic E-state index is -0.951. The highest BCUT2D eigenvalue weighted by atomic mass is 32.1. The Balaban J connectivity index is 1.89. The molecule has 3 aromatic rings. The van der Waals surface area contributed by atoms with Crippen molar-refractivity contribution < 1.29 is 29.0 Å². The average Bonchev–Trinajstić information content (AvgIpc) is 3.39. The minimum Gasteiger partial charge on any atom is -0.507 e. The molecule has 1 aromatic heterocycles. The molecule has 9 heteroatoms. The van der Waals surface area contributed by atoms with E-state index in [1.807, 2.05) is 19.1 Å². The van der Waals surface area contributed by atoms with E-state index in [2.05, 4.69) is 11.6 Å². The van der Waals surface area contributed by atoms with Crippen LogP contribution in [-0.4, -0.2) is 41.5 Å². The Morgan fingerprint density at radius 3 is 2.49 bits per heavy atom. The van der Waals surface area contributed by atoms with E-state index in [0.29, 0.717) is 34.7 Å². The summed E-state index contributed by atoms with van der Waals surface area (Å²) >= 11 is 0.957. The number of aliphatic hydroxyl groups is 1. The van der Waals surface area contributed by atoms with Gasteiger partial charge in [0.05, 0.1) is 24.4 Å². The van der Waals surface area contributed by atoms with Crippen LogP contribution in [-0.2, 0) is 14.3 Å². The largest absolute Gasteiger partial charge is 0.507 e. The molecule has 190 valence electrons. The summed E-state index contributed by atoms with van der Waals surface area (Å²) in [6.45, 7) is 9.28. The lowest BCUT2D eigenvalue weighted by molar-refractivity contribution is -0.132. The second-order valence-electron chi connectivity index (χ2n) is 8.56. The molecule has 0 saturated carbocycles. The van der Waals surface area contributed by atoms with E-state index < -0.39 is 23.7 Å². The molecule has 0 aliphatic carbocycles. The number of hydrogen-bond donors (Lipinski definition) is 1. The molecule has 1 aliphatic heterocycles. The van der Waals surface area contributed by atoms with Gasteiger partial charge >= 0.3 is 11.9 Å². The molecule has 1 aliphatic rings. The van der Waals surface area contributed by atoms with Crippen molar-refractivity contribution in [1.29, 1.82) is 0 Å². The van der Waals surface area contributed by atoms with Crippen molar-refractivity contribution in [2.45, 2.75) is 26.8 Å². The summed E-state index contributed by atoms with van der Waals surface area (Å²) in [5, 5.41) is 11.6. The molecule has 37 heavy (non-hydrogen) atoms. The third kappa shape index (κ3) is 4.77. The monoisotopic (exact) mass is 518 g/mol. The lowest BCUT2D eigenvalue weighted by Crippen LogP contribution is -2.29. The van der Waals surface area contributed by atoms with Crippen LogP contribution < -0.4 is 9.64 Å². The maximum absolute atomic E-state index is 13.4. The van der Waals surface area contributed by atoms with Crippen LogP contribution in [0.1, 0.15) is 43.7 Å². The van der Waals surface area contributed by atoms with Crippen LogP contribution in [0.2, 0.25) is 0 Å². The van der Waals surface area contributed by atoms with E-state index in [-0.39, 0.29) is 21.3 Å². The number of esters is 1. The number of thiazole rings is 1. The van der Waals surface area contributed by atoms with E-state index in [9.17, 15) is 19.5 Å². The lowest BCUT2D eigenvalue weighted by Gasteiger charge is -2.23. The van der Waals surface area contributed by atoms with E-state index in [4.69, 9.17) is 9.47 Å². The zero-order chi connectivity index (χ0) is 26.9. The molecule has 0 unspecified atom stereocenters. The summed E-state index contributed by atoms with van der Waals surface area (Å²) in [6.07, 6.45) is 1.62. The van der Waals surface area contributed by atoms with Crippen LogP contribution in [0.4, 0.5) is 5.13 Å². The Hall–Kier alpha value is -4.24. The molecular weight excluding hydrogens is 492 g/mol. The minimum absolute atomic E-state index is 0.0656. The van der Waals surface area contributed by atoms with E-state index in [1.165, 1.54) is 12.0 Å². The number of aromatic nitrogens is 1. The van der Waals surface area contributed by atoms with Gasteiger partial charge in [-0.3, -0.25) is 14.5 Å². The maximum atomic E-state index is 13.4. The fourth-order valence-corrected chi connectivity index (χ4v) is 5.16. The number of methoxy groups -OCH3 is 1. The molecule has 8 nitrogen and oxygen atoms in total. The number of aliphatic hydroxyl groups excluding tert-OH is 1. The summed E-state index contributed by atoms with van der Waals surface area (Å²) < 4.78 is 10.4. The van der Waals surface area contributed by atoms with E-state index in [0.717, 1.165) is 16.9 Å². The first-order chi connectivity index (χ1) is 17.7. The van der Waals surface area contributed by atoms with Crippen molar-refractivity contribution in [2.24, 2.45) is 0 Å². The fraction of sp³-hybridized carbons (Fsp3) is 0.214. The molecule has 1 N–H and O–H groups in total. The normalized spacial score (nSPS) is 16.6. The molecule has 1 saturated heterocycles. The third-order valence-corrected chi connectivity index (χ3v) is 7.16. The molecule has 1 fully saturated rings. The molecule has 1 atom stereocenters. The first kappa shape index (κ1) is 25.8. The second kappa shape index (κ2) is 10.4. The van der Waals surface area contributed by atoms with Crippen LogP contribution >= 0.6 is 11.3 Å². The molecule has 2 aromatic carbocycles. The molecular formula is C28H26N2O6S. The average molecular weight is 519 g/mol. The van der Waals surface area contributed by atoms with Crippen LogP contribution in [0.3, 0.4) is 0 Å². The summed E-state index contributed by atoms with van der Waals surface area (Å²) in [7, 11) is 1.26. The highest BCUT2D eigenvalue weighted by Gasteiger charge is 2.48. The van der Waals surface area contributed by atoms with Crippen LogP contribution in [0.15, 0.2) is 60.7 Å². The summed E-state index contributed by atoms with van der Waals surface area (Å²) in [4.78, 5) is 44.8. The number of benzene rings is 2. The Kier molecular flexibility index (Phi) is 7.26. The summed E-state index contributed by atoms with van der Waals surface area (Å²) in [6, 6.07) is 11.4. The van der Waals surface area contributed by atoms with Crippen LogP contribution in [0.25, 0.3) is 5.76 Å². The first-order valence-corrected chi connectivity index (χ1v) is 12.3. The van der Waals surface area contributed by atoms with Gasteiger partial charge in [-0.15, -0.1) is 0 Å². The Bertz CT molecular complexity index is 1440. The number of anilines is 1. The molecule has 2 heterocycles. The third-order valence-electron chi connectivity index (χ3n) is 6.02. The number of amides is 1. The fourth-order valence-electron chi connectivity index (χ4n) is 4.15. The quantitative estimate of drug-likeness (QED) is 0.153. The number of ketones is 1. The Morgan fingerprint density at radius 1 is 1.16 bits per heavy atom. The smallest absolute Gasteiger partial charge is 0.350 e. The van der Waals surface area contributed by atoms with E-state index >= 15 is 0 Å². The number of rotatable bonds is 7. The number of nitrogens with zero attached hydrogens (tertiary/aromatic N) is 2. The van der Waals surface area contributed by atoms with Crippen LogP contribution in [0, 0.1) is 20.8 Å². The molecule has 4 rings (SSSR count). The molecule has 0 bridgehead atoms. The molecule has 1 amide bonds. The summed E-state index contributed by atoms with van der Waals surface area (Å²) in [5.74, 6) is -2.00. The number of Topliss-reactive ketones (excluding diaryl/α,β-unsaturated/α-hetero) is 1. The van der Waals surface area contributed by atoms with Gasteiger partial charge in [0.1, 0.15) is 23.0 Å². The van der Waals surface area contributed by atoms with Gasteiger partial charge in [-0.25, -0.2) is 9.78 Å². The molecule has 0 radical (unpaired) electrons. The predicted octanol–water partition coefficient (Wildman–Crippen LogP) is 5.05. The number of aryl methyl sites for hydroxylation is 3. The highest BCUT2D eigenvalue weighted by molar-refractivity contribution is 7.17. The predicted molar refractivity (Wildman–Crippen MR) is 141 cm³/mol. The van der Waals surface area contributed by atoms with Crippen molar-refractivity contribution in [1.82, 2.24) is 4.98 Å². The van der Waals surface area contributed by atoms with Gasteiger partial charge in [0.2, 0.25) is 0 Å². The summed E-state index contributed by atoms with van der Waals surface area (Å²) in [5.41, 5.74) is 2.97. The topological polar surface area (TPSA) is 106 Å². The van der Waals surface area contributed by atoms with Gasteiger partial charge in [0.25, 0.3) is 5.78 Å². The van der Waals surface area contributed by atoms with Crippen molar-refractivity contribution in [3.05, 3.63) is 93.5 Å². The molecule has 0 spiro atoms. The highest BCUT2D eigenvalue weighted by Crippen LogP contribution is 2.44. The maximum Gasteiger partial charge on any atom is 0.350 e. The van der Waals surface area contributed by atoms with Gasteiger partial charge in [0.15, 0.2) is 5.13 Å². The Morgan fingerprint density at radius 2 is 1.86 bits per heavy atom.